The summed E-state index contributed by atoms with van der Waals surface area (Å²) in [5, 5.41) is 12.5. The molecule has 0 saturated heterocycles. The third kappa shape index (κ3) is 3.17. The fraction of sp³-hybridized carbons (Fsp3) is 0.312. The van der Waals surface area contributed by atoms with Gasteiger partial charge in [-0.1, -0.05) is 12.1 Å². The minimum Gasteiger partial charge on any atom is -0.477 e. The molecule has 5 nitrogen and oxygen atoms in total. The minimum atomic E-state index is -1.01. The van der Waals surface area contributed by atoms with E-state index in [0.717, 1.165) is 28.2 Å². The predicted molar refractivity (Wildman–Crippen MR) is 86.8 cm³/mol. The van der Waals surface area contributed by atoms with E-state index in [1.165, 1.54) is 0 Å². The lowest BCUT2D eigenvalue weighted by Gasteiger charge is -2.13. The van der Waals surface area contributed by atoms with Crippen molar-refractivity contribution < 1.29 is 14.7 Å². The van der Waals surface area contributed by atoms with Crippen molar-refractivity contribution in [1.29, 1.82) is 0 Å². The summed E-state index contributed by atoms with van der Waals surface area (Å²) in [6.07, 6.45) is 0. The number of benzene rings is 1. The summed E-state index contributed by atoms with van der Waals surface area (Å²) in [4.78, 5) is 27.8. The Hall–Kier alpha value is -2.21. The van der Waals surface area contributed by atoms with Gasteiger partial charge in [-0.25, -0.2) is 9.78 Å². The first-order valence-corrected chi connectivity index (χ1v) is 7.70. The molecule has 2 aromatic rings. The summed E-state index contributed by atoms with van der Waals surface area (Å²) >= 11 is 1.05. The molecule has 0 fully saturated rings. The van der Waals surface area contributed by atoms with Gasteiger partial charge in [0.15, 0.2) is 0 Å². The predicted octanol–water partition coefficient (Wildman–Crippen LogP) is 3.51. The molecule has 0 unspecified atom stereocenters. The van der Waals surface area contributed by atoms with Crippen LogP contribution < -0.4 is 5.32 Å². The first kappa shape index (κ1) is 16.2. The van der Waals surface area contributed by atoms with Crippen LogP contribution in [0.3, 0.4) is 0 Å². The Labute approximate surface area is 133 Å². The molecule has 2 N–H and O–H groups in total. The van der Waals surface area contributed by atoms with Gasteiger partial charge in [-0.15, -0.1) is 11.3 Å². The molecule has 1 amide bonds. The van der Waals surface area contributed by atoms with Crippen LogP contribution in [0.1, 0.15) is 44.3 Å². The van der Waals surface area contributed by atoms with Gasteiger partial charge in [0.2, 0.25) is 5.91 Å². The van der Waals surface area contributed by atoms with Crippen molar-refractivity contribution in [2.24, 2.45) is 0 Å². The number of amides is 1. The summed E-state index contributed by atoms with van der Waals surface area (Å²) in [5.41, 5.74) is 3.33. The van der Waals surface area contributed by atoms with Gasteiger partial charge in [-0.3, -0.25) is 4.79 Å². The monoisotopic (exact) mass is 318 g/mol. The van der Waals surface area contributed by atoms with Crippen LogP contribution in [0.4, 0.5) is 5.69 Å². The number of carboxylic acid groups (broad SMARTS) is 1. The number of aromatic carboxylic acids is 1. The maximum Gasteiger partial charge on any atom is 0.347 e. The molecule has 1 atom stereocenters. The topological polar surface area (TPSA) is 79.3 Å². The number of thiazole rings is 1. The highest BCUT2D eigenvalue weighted by Gasteiger charge is 2.23. The smallest absolute Gasteiger partial charge is 0.347 e. The lowest BCUT2D eigenvalue weighted by molar-refractivity contribution is -0.117. The van der Waals surface area contributed by atoms with Crippen molar-refractivity contribution in [2.45, 2.75) is 33.6 Å². The van der Waals surface area contributed by atoms with E-state index in [-0.39, 0.29) is 10.8 Å². The van der Waals surface area contributed by atoms with Gasteiger partial charge in [0.1, 0.15) is 9.88 Å². The van der Waals surface area contributed by atoms with E-state index in [2.05, 4.69) is 10.3 Å². The zero-order valence-corrected chi connectivity index (χ0v) is 13.7. The highest BCUT2D eigenvalue weighted by Crippen LogP contribution is 2.27. The van der Waals surface area contributed by atoms with E-state index in [9.17, 15) is 9.59 Å². The SMILES string of the molecule is Cc1cccc(NC(=O)[C@@H](C)c2nc(C)c(C(=O)O)s2)c1C. The summed E-state index contributed by atoms with van der Waals surface area (Å²) < 4.78 is 0. The molecule has 0 aliphatic carbocycles. The molecule has 0 radical (unpaired) electrons. The van der Waals surface area contributed by atoms with Crippen LogP contribution >= 0.6 is 11.3 Å². The number of anilines is 1. The highest BCUT2D eigenvalue weighted by molar-refractivity contribution is 7.13. The number of carboxylic acids is 1. The Morgan fingerprint density at radius 2 is 1.95 bits per heavy atom. The zero-order chi connectivity index (χ0) is 16.4. The number of nitrogens with zero attached hydrogens (tertiary/aromatic N) is 1. The molecule has 0 bridgehead atoms. The molecule has 6 heteroatoms. The van der Waals surface area contributed by atoms with E-state index < -0.39 is 11.9 Å². The second kappa shape index (κ2) is 6.27. The van der Waals surface area contributed by atoms with Gasteiger partial charge in [-0.2, -0.15) is 0 Å². The average molecular weight is 318 g/mol. The van der Waals surface area contributed by atoms with Crippen LogP contribution in [0, 0.1) is 20.8 Å². The van der Waals surface area contributed by atoms with E-state index in [1.807, 2.05) is 32.0 Å². The number of hydrogen-bond acceptors (Lipinski definition) is 4. The van der Waals surface area contributed by atoms with Gasteiger partial charge in [0.25, 0.3) is 0 Å². The molecule has 22 heavy (non-hydrogen) atoms. The maximum absolute atomic E-state index is 12.4. The lowest BCUT2D eigenvalue weighted by atomic mass is 10.1. The molecule has 1 heterocycles. The van der Waals surface area contributed by atoms with Crippen LogP contribution in [-0.2, 0) is 4.79 Å². The number of rotatable bonds is 4. The average Bonchev–Trinajstić information content (AvgIpc) is 2.85. The van der Waals surface area contributed by atoms with Crippen LogP contribution in [0.5, 0.6) is 0 Å². The third-order valence-corrected chi connectivity index (χ3v) is 4.96. The minimum absolute atomic E-state index is 0.182. The Morgan fingerprint density at radius 3 is 2.55 bits per heavy atom. The molecule has 2 rings (SSSR count). The van der Waals surface area contributed by atoms with Gasteiger partial charge in [-0.05, 0) is 44.9 Å². The molecule has 116 valence electrons. The molecular formula is C16H18N2O3S. The molecule has 1 aromatic carbocycles. The van der Waals surface area contributed by atoms with E-state index in [1.54, 1.807) is 13.8 Å². The number of aromatic nitrogens is 1. The van der Waals surface area contributed by atoms with Crippen LogP contribution in [0.15, 0.2) is 18.2 Å². The summed E-state index contributed by atoms with van der Waals surface area (Å²) in [7, 11) is 0. The fourth-order valence-corrected chi connectivity index (χ4v) is 3.00. The standard InChI is InChI=1S/C16H18N2O3S/c1-8-6-5-7-12(9(8)2)18-14(19)10(3)15-17-11(4)13(22-15)16(20)21/h5-7,10H,1-4H3,(H,18,19)(H,20,21)/t10-/m1/s1. The highest BCUT2D eigenvalue weighted by atomic mass is 32.1. The molecule has 0 spiro atoms. The van der Waals surface area contributed by atoms with Crippen molar-refractivity contribution in [1.82, 2.24) is 4.98 Å². The van der Waals surface area contributed by atoms with Gasteiger partial charge >= 0.3 is 5.97 Å². The molecule has 0 aliphatic heterocycles. The number of carbonyl (C=O) groups excluding carboxylic acids is 1. The summed E-state index contributed by atoms with van der Waals surface area (Å²) in [6, 6.07) is 5.72. The summed E-state index contributed by atoms with van der Waals surface area (Å²) in [5.74, 6) is -1.71. The lowest BCUT2D eigenvalue weighted by Crippen LogP contribution is -2.19. The van der Waals surface area contributed by atoms with E-state index in [4.69, 9.17) is 5.11 Å². The van der Waals surface area contributed by atoms with Crippen LogP contribution in [0.25, 0.3) is 0 Å². The molecule has 0 saturated carbocycles. The van der Waals surface area contributed by atoms with Gasteiger partial charge < -0.3 is 10.4 Å². The van der Waals surface area contributed by atoms with E-state index >= 15 is 0 Å². The molecular weight excluding hydrogens is 300 g/mol. The van der Waals surface area contributed by atoms with Crippen molar-refractivity contribution >= 4 is 28.9 Å². The first-order valence-electron chi connectivity index (χ1n) is 6.89. The van der Waals surface area contributed by atoms with Crippen LogP contribution in [0.2, 0.25) is 0 Å². The van der Waals surface area contributed by atoms with Gasteiger partial charge in [0.05, 0.1) is 11.6 Å². The van der Waals surface area contributed by atoms with Gasteiger partial charge in [0, 0.05) is 5.69 Å². The Morgan fingerprint density at radius 1 is 1.27 bits per heavy atom. The van der Waals surface area contributed by atoms with Crippen molar-refractivity contribution in [3.05, 3.63) is 44.9 Å². The number of aryl methyl sites for hydroxylation is 2. The second-order valence-corrected chi connectivity index (χ2v) is 6.26. The van der Waals surface area contributed by atoms with Crippen LogP contribution in [-0.4, -0.2) is 22.0 Å². The van der Waals surface area contributed by atoms with Crippen molar-refractivity contribution in [3.63, 3.8) is 0 Å². The number of nitrogens with one attached hydrogen (secondary N) is 1. The zero-order valence-electron chi connectivity index (χ0n) is 12.9. The maximum atomic E-state index is 12.4. The number of hydrogen-bond donors (Lipinski definition) is 2. The third-order valence-electron chi connectivity index (χ3n) is 3.63. The van der Waals surface area contributed by atoms with E-state index in [0.29, 0.717) is 10.7 Å². The Kier molecular flexibility index (Phi) is 4.61. The normalized spacial score (nSPS) is 12.0. The van der Waals surface area contributed by atoms with Crippen molar-refractivity contribution in [3.8, 4) is 0 Å². The Balaban J connectivity index is 2.21. The largest absolute Gasteiger partial charge is 0.477 e. The summed E-state index contributed by atoms with van der Waals surface area (Å²) in [6.45, 7) is 7.30. The Bertz CT molecular complexity index is 737. The fourth-order valence-electron chi connectivity index (χ4n) is 2.04. The molecule has 1 aromatic heterocycles. The first-order chi connectivity index (χ1) is 10.3. The number of carbonyl (C=O) groups is 2. The van der Waals surface area contributed by atoms with Crippen molar-refractivity contribution in [2.75, 3.05) is 5.32 Å². The molecule has 0 aliphatic rings. The quantitative estimate of drug-likeness (QED) is 0.904. The second-order valence-electron chi connectivity index (χ2n) is 5.23.